The summed E-state index contributed by atoms with van der Waals surface area (Å²) in [6.45, 7) is 1.63. The summed E-state index contributed by atoms with van der Waals surface area (Å²) in [7, 11) is -3.72. The van der Waals surface area contributed by atoms with E-state index in [9.17, 15) is 18.5 Å². The number of hydrogen-bond donors (Lipinski definition) is 1. The van der Waals surface area contributed by atoms with Gasteiger partial charge < -0.3 is 0 Å². The third kappa shape index (κ3) is 3.61. The Balaban J connectivity index is 2.20. The predicted octanol–water partition coefficient (Wildman–Crippen LogP) is 1.78. The fraction of sp³-hybridized carbons (Fsp3) is 0.154. The number of hydrogen-bond acceptors (Lipinski definition) is 5. The van der Waals surface area contributed by atoms with E-state index in [4.69, 9.17) is 0 Å². The molecule has 0 spiro atoms. The maximum Gasteiger partial charge on any atom is 0.272 e. The molecule has 21 heavy (non-hydrogen) atoms. The molecule has 2 aromatic rings. The molecule has 0 aliphatic rings. The van der Waals surface area contributed by atoms with Crippen molar-refractivity contribution in [2.75, 3.05) is 0 Å². The minimum Gasteiger partial charge on any atom is -0.265 e. The van der Waals surface area contributed by atoms with Gasteiger partial charge in [0.1, 0.15) is 0 Å². The zero-order valence-electron chi connectivity index (χ0n) is 11.2. The fourth-order valence-corrected chi connectivity index (χ4v) is 2.86. The summed E-state index contributed by atoms with van der Waals surface area (Å²) >= 11 is 0. The molecule has 0 aliphatic heterocycles. The standard InChI is InChI=1S/C13H13N3O4S/c1-10-8-12(2-3-13(10)16(17)18)21(19,20)15-9-11-4-6-14-7-5-11/h2-8,15H,9H2,1H3. The zero-order valence-corrected chi connectivity index (χ0v) is 12.0. The van der Waals surface area contributed by atoms with Crippen molar-refractivity contribution in [1.82, 2.24) is 9.71 Å². The lowest BCUT2D eigenvalue weighted by atomic mass is 10.2. The van der Waals surface area contributed by atoms with Crippen LogP contribution in [0.15, 0.2) is 47.6 Å². The summed E-state index contributed by atoms with van der Waals surface area (Å²) in [6, 6.07) is 7.09. The number of nitro groups is 1. The number of aromatic nitrogens is 1. The number of sulfonamides is 1. The van der Waals surface area contributed by atoms with Crippen LogP contribution in [0, 0.1) is 17.0 Å². The average Bonchev–Trinajstić information content (AvgIpc) is 2.46. The number of rotatable bonds is 5. The molecule has 110 valence electrons. The van der Waals surface area contributed by atoms with Crippen molar-refractivity contribution in [2.24, 2.45) is 0 Å². The van der Waals surface area contributed by atoms with Crippen molar-refractivity contribution in [3.05, 3.63) is 64.0 Å². The molecule has 1 N–H and O–H groups in total. The number of aryl methyl sites for hydroxylation is 1. The van der Waals surface area contributed by atoms with Crippen molar-refractivity contribution >= 4 is 15.7 Å². The molecule has 0 bridgehead atoms. The van der Waals surface area contributed by atoms with E-state index >= 15 is 0 Å². The van der Waals surface area contributed by atoms with Crippen LogP contribution in [-0.2, 0) is 16.6 Å². The molecule has 0 aliphatic carbocycles. The highest BCUT2D eigenvalue weighted by Gasteiger charge is 2.18. The van der Waals surface area contributed by atoms with E-state index < -0.39 is 14.9 Å². The molecule has 2 rings (SSSR count). The Morgan fingerprint density at radius 2 is 1.90 bits per heavy atom. The van der Waals surface area contributed by atoms with Crippen LogP contribution in [0.3, 0.4) is 0 Å². The molecule has 1 aromatic carbocycles. The highest BCUT2D eigenvalue weighted by Crippen LogP contribution is 2.21. The Hall–Kier alpha value is -2.32. The molecule has 0 atom stereocenters. The molecule has 0 fully saturated rings. The molecule has 0 saturated heterocycles. The first-order valence-electron chi connectivity index (χ1n) is 6.04. The van der Waals surface area contributed by atoms with Gasteiger partial charge in [0, 0.05) is 30.6 Å². The maximum absolute atomic E-state index is 12.1. The quantitative estimate of drug-likeness (QED) is 0.670. The van der Waals surface area contributed by atoms with Crippen molar-refractivity contribution in [3.8, 4) is 0 Å². The minimum absolute atomic E-state index is 0.000318. The molecule has 1 heterocycles. The summed E-state index contributed by atoms with van der Waals surface area (Å²) in [4.78, 5) is 14.0. The van der Waals surface area contributed by atoms with Crippen molar-refractivity contribution in [1.29, 1.82) is 0 Å². The van der Waals surface area contributed by atoms with Gasteiger partial charge in [-0.1, -0.05) is 0 Å². The normalized spacial score (nSPS) is 11.3. The Morgan fingerprint density at radius 1 is 1.24 bits per heavy atom. The molecular formula is C13H13N3O4S. The molecule has 1 aromatic heterocycles. The van der Waals surface area contributed by atoms with Crippen LogP contribution in [0.1, 0.15) is 11.1 Å². The zero-order chi connectivity index (χ0) is 15.5. The van der Waals surface area contributed by atoms with Crippen LogP contribution in [0.25, 0.3) is 0 Å². The summed E-state index contributed by atoms with van der Waals surface area (Å²) in [5.41, 5.74) is 0.960. The highest BCUT2D eigenvalue weighted by molar-refractivity contribution is 7.89. The second-order valence-corrected chi connectivity index (χ2v) is 6.15. The number of nitrogens with one attached hydrogen (secondary N) is 1. The molecular weight excluding hydrogens is 294 g/mol. The van der Waals surface area contributed by atoms with Gasteiger partial charge in [-0.2, -0.15) is 0 Å². The van der Waals surface area contributed by atoms with Crippen LogP contribution >= 0.6 is 0 Å². The lowest BCUT2D eigenvalue weighted by molar-refractivity contribution is -0.385. The Kier molecular flexibility index (Phi) is 4.29. The second kappa shape index (κ2) is 5.98. The van der Waals surface area contributed by atoms with Gasteiger partial charge in [0.05, 0.1) is 9.82 Å². The number of benzene rings is 1. The van der Waals surface area contributed by atoms with Crippen LogP contribution in [-0.4, -0.2) is 18.3 Å². The van der Waals surface area contributed by atoms with E-state index in [0.29, 0.717) is 5.56 Å². The van der Waals surface area contributed by atoms with Gasteiger partial charge in [-0.25, -0.2) is 13.1 Å². The number of pyridine rings is 1. The smallest absolute Gasteiger partial charge is 0.265 e. The Morgan fingerprint density at radius 3 is 2.48 bits per heavy atom. The molecule has 8 heteroatoms. The van der Waals surface area contributed by atoms with Crippen LogP contribution in [0.2, 0.25) is 0 Å². The van der Waals surface area contributed by atoms with Crippen LogP contribution in [0.5, 0.6) is 0 Å². The van der Waals surface area contributed by atoms with Crippen LogP contribution < -0.4 is 4.72 Å². The van der Waals surface area contributed by atoms with E-state index in [-0.39, 0.29) is 17.1 Å². The Labute approximate surface area is 121 Å². The van der Waals surface area contributed by atoms with Gasteiger partial charge in [0.15, 0.2) is 0 Å². The third-order valence-electron chi connectivity index (χ3n) is 2.89. The van der Waals surface area contributed by atoms with Gasteiger partial charge in [0.25, 0.3) is 5.69 Å². The summed E-state index contributed by atoms with van der Waals surface area (Å²) in [5.74, 6) is 0. The van der Waals surface area contributed by atoms with Gasteiger partial charge in [0.2, 0.25) is 10.0 Å². The predicted molar refractivity (Wildman–Crippen MR) is 76.1 cm³/mol. The first-order valence-corrected chi connectivity index (χ1v) is 7.52. The summed E-state index contributed by atoms with van der Waals surface area (Å²) in [6.07, 6.45) is 3.14. The highest BCUT2D eigenvalue weighted by atomic mass is 32.2. The lowest BCUT2D eigenvalue weighted by Gasteiger charge is -2.07. The van der Waals surface area contributed by atoms with E-state index in [2.05, 4.69) is 9.71 Å². The third-order valence-corrected chi connectivity index (χ3v) is 4.29. The first kappa shape index (κ1) is 15.1. The summed E-state index contributed by atoms with van der Waals surface area (Å²) in [5, 5.41) is 10.7. The number of nitrogens with zero attached hydrogens (tertiary/aromatic N) is 2. The van der Waals surface area contributed by atoms with Gasteiger partial charge >= 0.3 is 0 Å². The fourth-order valence-electron chi connectivity index (χ4n) is 1.76. The Bertz CT molecular complexity index is 760. The van der Waals surface area contributed by atoms with Gasteiger partial charge in [-0.3, -0.25) is 15.1 Å². The molecule has 0 unspecified atom stereocenters. The lowest BCUT2D eigenvalue weighted by Crippen LogP contribution is -2.23. The average molecular weight is 307 g/mol. The summed E-state index contributed by atoms with van der Waals surface area (Å²) < 4.78 is 26.7. The number of nitro benzene ring substituents is 1. The van der Waals surface area contributed by atoms with Crippen molar-refractivity contribution < 1.29 is 13.3 Å². The second-order valence-electron chi connectivity index (χ2n) is 4.39. The van der Waals surface area contributed by atoms with E-state index in [1.54, 1.807) is 24.5 Å². The van der Waals surface area contributed by atoms with E-state index in [0.717, 1.165) is 5.56 Å². The molecule has 0 radical (unpaired) electrons. The monoisotopic (exact) mass is 307 g/mol. The molecule has 0 amide bonds. The van der Waals surface area contributed by atoms with E-state index in [1.165, 1.54) is 25.1 Å². The van der Waals surface area contributed by atoms with Gasteiger partial charge in [-0.05, 0) is 36.8 Å². The molecule has 7 nitrogen and oxygen atoms in total. The molecule has 0 saturated carbocycles. The van der Waals surface area contributed by atoms with Crippen LogP contribution in [0.4, 0.5) is 5.69 Å². The maximum atomic E-state index is 12.1. The minimum atomic E-state index is -3.72. The SMILES string of the molecule is Cc1cc(S(=O)(=O)NCc2ccncc2)ccc1[N+](=O)[O-]. The van der Waals surface area contributed by atoms with Crippen molar-refractivity contribution in [2.45, 2.75) is 18.4 Å². The van der Waals surface area contributed by atoms with E-state index in [1.807, 2.05) is 0 Å². The van der Waals surface area contributed by atoms with Crippen molar-refractivity contribution in [3.63, 3.8) is 0 Å². The first-order chi connectivity index (χ1) is 9.90. The topological polar surface area (TPSA) is 102 Å². The largest absolute Gasteiger partial charge is 0.272 e. The van der Waals surface area contributed by atoms with Gasteiger partial charge in [-0.15, -0.1) is 0 Å².